The van der Waals surface area contributed by atoms with E-state index in [2.05, 4.69) is 9.84 Å². The zero-order chi connectivity index (χ0) is 26.2. The molecular formula is C22H26F6N4O3S. The number of ether oxygens (including phenoxy) is 3. The lowest BCUT2D eigenvalue weighted by atomic mass is 9.89. The summed E-state index contributed by atoms with van der Waals surface area (Å²) in [7, 11) is 1.68. The number of rotatable bonds is 5. The van der Waals surface area contributed by atoms with Crippen LogP contribution in [-0.4, -0.2) is 64.2 Å². The summed E-state index contributed by atoms with van der Waals surface area (Å²) in [5.74, 6) is -4.05. The highest BCUT2D eigenvalue weighted by Gasteiger charge is 2.54. The Bertz CT molecular complexity index is 1040. The molecule has 2 fully saturated rings. The van der Waals surface area contributed by atoms with Crippen LogP contribution in [0.2, 0.25) is 0 Å². The minimum atomic E-state index is -4.78. The summed E-state index contributed by atoms with van der Waals surface area (Å²) in [5.41, 5.74) is 7.01. The summed E-state index contributed by atoms with van der Waals surface area (Å²) in [5, 5.41) is 4.39. The average molecular weight is 541 g/mol. The number of alkyl halides is 3. The van der Waals surface area contributed by atoms with Gasteiger partial charge in [0.05, 0.1) is 12.3 Å². The van der Waals surface area contributed by atoms with Crippen LogP contribution in [0.15, 0.2) is 18.3 Å². The number of nitrogens with zero attached hydrogens (tertiary/aromatic N) is 3. The Labute approximate surface area is 208 Å². The molecule has 200 valence electrons. The van der Waals surface area contributed by atoms with E-state index in [1.54, 1.807) is 22.3 Å². The van der Waals surface area contributed by atoms with Crippen LogP contribution in [0.5, 0.6) is 0 Å². The van der Waals surface area contributed by atoms with Crippen LogP contribution in [0.3, 0.4) is 0 Å². The fourth-order valence-electron chi connectivity index (χ4n) is 4.23. The maximum absolute atomic E-state index is 14.2. The average Bonchev–Trinajstić information content (AvgIpc) is 3.41. The predicted molar refractivity (Wildman–Crippen MR) is 118 cm³/mol. The first-order valence-corrected chi connectivity index (χ1v) is 12.1. The number of methoxy groups -OCH3 is 1. The van der Waals surface area contributed by atoms with Crippen LogP contribution in [0.4, 0.5) is 26.3 Å². The van der Waals surface area contributed by atoms with Gasteiger partial charge in [0.25, 0.3) is 0 Å². The van der Waals surface area contributed by atoms with Gasteiger partial charge in [0.1, 0.15) is 17.4 Å². The SMILES string of the molecule is CCOC.NC1CC(N2Cc3cn(SC4CO4)nc3C2)C(C(F)(F)F)O[C@@H]1c1cc(F)c(F)cc1F. The van der Waals surface area contributed by atoms with Crippen LogP contribution in [0, 0.1) is 17.5 Å². The highest BCUT2D eigenvalue weighted by atomic mass is 32.2. The molecule has 5 atom stereocenters. The first-order valence-electron chi connectivity index (χ1n) is 11.2. The van der Waals surface area contributed by atoms with Crippen LogP contribution >= 0.6 is 11.9 Å². The summed E-state index contributed by atoms with van der Waals surface area (Å²) >= 11 is 1.38. The largest absolute Gasteiger partial charge is 0.416 e. The lowest BCUT2D eigenvalue weighted by molar-refractivity contribution is -0.269. The van der Waals surface area contributed by atoms with Crippen LogP contribution in [-0.2, 0) is 27.3 Å². The molecule has 0 aliphatic carbocycles. The lowest BCUT2D eigenvalue weighted by Gasteiger charge is -2.44. The third kappa shape index (κ3) is 6.00. The molecule has 0 saturated carbocycles. The molecule has 3 aliphatic heterocycles. The Morgan fingerprint density at radius 1 is 1.17 bits per heavy atom. The van der Waals surface area contributed by atoms with Gasteiger partial charge in [-0.15, -0.1) is 0 Å². The zero-order valence-corrected chi connectivity index (χ0v) is 20.3. The second kappa shape index (κ2) is 10.9. The second-order valence-corrected chi connectivity index (χ2v) is 9.74. The molecule has 2 N–H and O–H groups in total. The summed E-state index contributed by atoms with van der Waals surface area (Å²) < 4.78 is 99.4. The van der Waals surface area contributed by atoms with Gasteiger partial charge in [0.2, 0.25) is 0 Å². The Kier molecular flexibility index (Phi) is 8.22. The molecule has 4 unspecified atom stereocenters. The molecule has 0 spiro atoms. The van der Waals surface area contributed by atoms with Crippen LogP contribution < -0.4 is 5.73 Å². The van der Waals surface area contributed by atoms with E-state index in [-0.39, 0.29) is 31.0 Å². The van der Waals surface area contributed by atoms with Gasteiger partial charge < -0.3 is 19.9 Å². The molecule has 2 aromatic rings. The van der Waals surface area contributed by atoms with Crippen molar-refractivity contribution in [3.05, 3.63) is 52.6 Å². The van der Waals surface area contributed by atoms with Crippen molar-refractivity contribution in [2.24, 2.45) is 5.73 Å². The summed E-state index contributed by atoms with van der Waals surface area (Å²) in [6.07, 6.45) is -7.06. The molecule has 1 aromatic carbocycles. The van der Waals surface area contributed by atoms with Gasteiger partial charge in [0.15, 0.2) is 17.7 Å². The highest BCUT2D eigenvalue weighted by molar-refractivity contribution is 7.98. The number of aromatic nitrogens is 2. The smallest absolute Gasteiger partial charge is 0.385 e. The number of halogens is 6. The molecule has 14 heteroatoms. The number of hydrogen-bond donors (Lipinski definition) is 1. The van der Waals surface area contributed by atoms with Gasteiger partial charge in [-0.3, -0.25) is 4.90 Å². The Balaban J connectivity index is 0.000000709. The van der Waals surface area contributed by atoms with Gasteiger partial charge >= 0.3 is 6.18 Å². The number of epoxide rings is 1. The minimum absolute atomic E-state index is 0.0408. The maximum Gasteiger partial charge on any atom is 0.416 e. The standard InChI is InChI=1S/C19H18F6N4O2S.C3H8O/c20-10-2-12(22)11(21)1-9(10)17-13(26)3-15(18(31-17)19(23,24)25)28-4-8-5-29(27-14(8)6-28)32-16-7-30-16;1-3-4-2/h1-2,5,13,15-18H,3-4,6-7,26H2;3H2,1-2H3/t13?,15?,16?,17-,18?;/m1./s1. The molecular weight excluding hydrogens is 514 g/mol. The third-order valence-corrected chi connectivity index (χ3v) is 6.99. The number of hydrogen-bond acceptors (Lipinski definition) is 7. The predicted octanol–water partition coefficient (Wildman–Crippen LogP) is 3.91. The van der Waals surface area contributed by atoms with Crippen molar-refractivity contribution < 1.29 is 40.6 Å². The number of nitrogens with two attached hydrogens (primary N) is 1. The normalized spacial score (nSPS) is 28.0. The van der Waals surface area contributed by atoms with Gasteiger partial charge in [-0.2, -0.15) is 18.3 Å². The summed E-state index contributed by atoms with van der Waals surface area (Å²) in [6.45, 7) is 3.80. The molecule has 0 radical (unpaired) electrons. The Morgan fingerprint density at radius 3 is 2.42 bits per heavy atom. The second-order valence-electron chi connectivity index (χ2n) is 8.63. The van der Waals surface area contributed by atoms with Crippen LogP contribution in [0.1, 0.15) is 36.3 Å². The fourth-order valence-corrected chi connectivity index (χ4v) is 5.01. The fraction of sp³-hybridized carbons (Fsp3) is 0.591. The molecule has 0 bridgehead atoms. The van der Waals surface area contributed by atoms with E-state index < -0.39 is 53.5 Å². The summed E-state index contributed by atoms with van der Waals surface area (Å²) in [4.78, 5) is 1.58. The maximum atomic E-state index is 14.2. The lowest BCUT2D eigenvalue weighted by Crippen LogP contribution is -2.58. The van der Waals surface area contributed by atoms with Crippen molar-refractivity contribution in [1.82, 2.24) is 14.1 Å². The van der Waals surface area contributed by atoms with E-state index in [0.717, 1.165) is 12.2 Å². The van der Waals surface area contributed by atoms with Crippen molar-refractivity contribution in [2.75, 3.05) is 20.3 Å². The first-order chi connectivity index (χ1) is 17.0. The van der Waals surface area contributed by atoms with E-state index in [0.29, 0.717) is 18.4 Å². The van der Waals surface area contributed by atoms with Crippen molar-refractivity contribution in [2.45, 2.75) is 62.3 Å². The van der Waals surface area contributed by atoms with Gasteiger partial charge in [-0.1, -0.05) is 0 Å². The zero-order valence-electron chi connectivity index (χ0n) is 19.5. The van der Waals surface area contributed by atoms with Crippen molar-refractivity contribution in [3.8, 4) is 0 Å². The summed E-state index contributed by atoms with van der Waals surface area (Å²) in [6, 6.07) is -1.43. The quantitative estimate of drug-likeness (QED) is 0.350. The van der Waals surface area contributed by atoms with E-state index in [1.165, 1.54) is 11.9 Å². The molecule has 0 amide bonds. The number of fused-ring (bicyclic) bond motifs is 1. The van der Waals surface area contributed by atoms with E-state index in [1.807, 2.05) is 6.92 Å². The minimum Gasteiger partial charge on any atom is -0.385 e. The van der Waals surface area contributed by atoms with Crippen LogP contribution in [0.25, 0.3) is 0 Å². The monoisotopic (exact) mass is 540 g/mol. The first kappa shape index (κ1) is 27.2. The van der Waals surface area contributed by atoms with Gasteiger partial charge in [-0.05, 0) is 19.4 Å². The molecule has 5 rings (SSSR count). The third-order valence-electron chi connectivity index (χ3n) is 6.08. The molecule has 36 heavy (non-hydrogen) atoms. The Morgan fingerprint density at radius 2 is 1.83 bits per heavy atom. The topological polar surface area (TPSA) is 78.1 Å². The van der Waals surface area contributed by atoms with Crippen molar-refractivity contribution in [3.63, 3.8) is 0 Å². The highest BCUT2D eigenvalue weighted by Crippen LogP contribution is 2.42. The molecule has 7 nitrogen and oxygen atoms in total. The van der Waals surface area contributed by atoms with E-state index in [9.17, 15) is 26.3 Å². The van der Waals surface area contributed by atoms with E-state index >= 15 is 0 Å². The molecule has 2 saturated heterocycles. The van der Waals surface area contributed by atoms with E-state index in [4.69, 9.17) is 15.2 Å². The molecule has 3 aliphatic rings. The molecule has 1 aromatic heterocycles. The number of benzene rings is 1. The van der Waals surface area contributed by atoms with Gasteiger partial charge in [-0.25, -0.2) is 17.3 Å². The van der Waals surface area contributed by atoms with Crippen molar-refractivity contribution in [1.29, 1.82) is 0 Å². The van der Waals surface area contributed by atoms with Gasteiger partial charge in [0, 0.05) is 74.2 Å². The molecule has 4 heterocycles. The van der Waals surface area contributed by atoms with Crippen molar-refractivity contribution >= 4 is 11.9 Å². The Hall–Kier alpha value is -1.84.